The first-order valence-corrected chi connectivity index (χ1v) is 13.8. The number of carbonyl (C=O) groups excluding carboxylic acids is 1. The Balaban J connectivity index is 0.00000189. The Kier molecular flexibility index (Phi) is 8.75. The van der Waals surface area contributed by atoms with E-state index in [1.807, 2.05) is 58.9 Å². The van der Waals surface area contributed by atoms with Crippen molar-refractivity contribution >= 4 is 34.4 Å². The molecule has 0 bridgehead atoms. The standard InChI is InChI=1S/C28H31N7O4.C2H6/c1-28(2,3)39-27(37)35-14-6-7-18(15-35)31-23-21(24(30)33-34-25(23)36)22(29)16-10-12-17(13-11-16)26-32-19-8-4-5-9-20(19)38-26;1-2/h4-5,8-13,18,29H,6-7,14-15H2,1-3H3,(H,34,36)(H3,30,31,33);1-2H3. The van der Waals surface area contributed by atoms with Crippen LogP contribution in [0.5, 0.6) is 0 Å². The van der Waals surface area contributed by atoms with Crippen LogP contribution in [0.1, 0.15) is 58.6 Å². The van der Waals surface area contributed by atoms with Gasteiger partial charge in [0.05, 0.1) is 11.3 Å². The normalized spacial score (nSPS) is 15.1. The summed E-state index contributed by atoms with van der Waals surface area (Å²) in [4.78, 5) is 31.6. The highest BCUT2D eigenvalue weighted by atomic mass is 16.6. The van der Waals surface area contributed by atoms with Gasteiger partial charge in [0.25, 0.3) is 5.56 Å². The summed E-state index contributed by atoms with van der Waals surface area (Å²) in [5, 5.41) is 18.4. The van der Waals surface area contributed by atoms with Gasteiger partial charge in [-0.2, -0.15) is 5.10 Å². The highest BCUT2D eigenvalue weighted by Crippen LogP contribution is 2.27. The largest absolute Gasteiger partial charge is 0.444 e. The van der Waals surface area contributed by atoms with E-state index >= 15 is 0 Å². The lowest BCUT2D eigenvalue weighted by Crippen LogP contribution is -2.47. The predicted octanol–water partition coefficient (Wildman–Crippen LogP) is 5.41. The van der Waals surface area contributed by atoms with Crippen LogP contribution in [0.15, 0.2) is 57.7 Å². The van der Waals surface area contributed by atoms with Crippen LogP contribution in [-0.2, 0) is 4.74 Å². The maximum atomic E-state index is 12.9. The molecule has 1 fully saturated rings. The molecular weight excluding hydrogens is 522 g/mol. The van der Waals surface area contributed by atoms with E-state index < -0.39 is 17.3 Å². The fourth-order valence-electron chi connectivity index (χ4n) is 4.57. The Morgan fingerprint density at radius 1 is 1.17 bits per heavy atom. The monoisotopic (exact) mass is 559 g/mol. The maximum Gasteiger partial charge on any atom is 0.410 e. The average Bonchev–Trinajstić information content (AvgIpc) is 3.40. The first kappa shape index (κ1) is 29.3. The number of aromatic nitrogens is 3. The number of carbonyl (C=O) groups is 1. The number of likely N-dealkylation sites (tertiary alicyclic amines) is 1. The van der Waals surface area contributed by atoms with E-state index in [2.05, 4.69) is 20.5 Å². The van der Waals surface area contributed by atoms with Gasteiger partial charge in [-0.05, 0) is 57.9 Å². The van der Waals surface area contributed by atoms with Crippen LogP contribution in [-0.4, -0.2) is 56.6 Å². The number of para-hydroxylation sites is 2. The zero-order valence-electron chi connectivity index (χ0n) is 24.1. The molecule has 1 saturated heterocycles. The number of hydrogen-bond donors (Lipinski definition) is 4. The molecule has 5 N–H and O–H groups in total. The van der Waals surface area contributed by atoms with E-state index in [0.29, 0.717) is 30.1 Å². The van der Waals surface area contributed by atoms with E-state index in [9.17, 15) is 9.59 Å². The van der Waals surface area contributed by atoms with Gasteiger partial charge in [0, 0.05) is 30.3 Å². The summed E-state index contributed by atoms with van der Waals surface area (Å²) in [6, 6.07) is 14.4. The lowest BCUT2D eigenvalue weighted by molar-refractivity contribution is 0.0206. The third-order valence-electron chi connectivity index (χ3n) is 6.40. The molecular formula is C30H37N7O4. The molecule has 4 aromatic rings. The van der Waals surface area contributed by atoms with E-state index in [1.165, 1.54) is 0 Å². The molecule has 0 radical (unpaired) electrons. The number of fused-ring (bicyclic) bond motifs is 1. The van der Waals surface area contributed by atoms with Crippen LogP contribution < -0.4 is 16.6 Å². The first-order chi connectivity index (χ1) is 19.6. The van der Waals surface area contributed by atoms with Gasteiger partial charge in [-0.3, -0.25) is 10.2 Å². The van der Waals surface area contributed by atoms with Crippen LogP contribution >= 0.6 is 0 Å². The van der Waals surface area contributed by atoms with Crippen LogP contribution in [0.3, 0.4) is 0 Å². The van der Waals surface area contributed by atoms with E-state index in [4.69, 9.17) is 20.3 Å². The summed E-state index contributed by atoms with van der Waals surface area (Å²) in [6.45, 7) is 10.4. The van der Waals surface area contributed by atoms with Crippen molar-refractivity contribution in [1.82, 2.24) is 20.1 Å². The fraction of sp³-hybridized carbons (Fsp3) is 0.367. The van der Waals surface area contributed by atoms with Gasteiger partial charge in [-0.25, -0.2) is 14.9 Å². The number of oxazole rings is 1. The number of hydrogen-bond acceptors (Lipinski definition) is 9. The van der Waals surface area contributed by atoms with Crippen LogP contribution in [0, 0.1) is 5.41 Å². The number of aromatic amines is 1. The Hall–Kier alpha value is -4.67. The number of nitrogens with zero attached hydrogens (tertiary/aromatic N) is 3. The maximum absolute atomic E-state index is 12.9. The average molecular weight is 560 g/mol. The fourth-order valence-corrected chi connectivity index (χ4v) is 4.57. The van der Waals surface area contributed by atoms with Crippen molar-refractivity contribution in [2.75, 3.05) is 24.1 Å². The highest BCUT2D eigenvalue weighted by molar-refractivity contribution is 6.16. The van der Waals surface area contributed by atoms with Gasteiger partial charge in [-0.15, -0.1) is 0 Å². The van der Waals surface area contributed by atoms with Crippen LogP contribution in [0.2, 0.25) is 0 Å². The molecule has 216 valence electrons. The van der Waals surface area contributed by atoms with Crippen molar-refractivity contribution in [2.24, 2.45) is 0 Å². The van der Waals surface area contributed by atoms with Crippen molar-refractivity contribution < 1.29 is 13.9 Å². The number of nitrogen functional groups attached to an aromatic ring is 1. The van der Waals surface area contributed by atoms with Crippen molar-refractivity contribution in [2.45, 2.75) is 59.1 Å². The lowest BCUT2D eigenvalue weighted by Gasteiger charge is -2.35. The molecule has 41 heavy (non-hydrogen) atoms. The molecule has 2 aromatic carbocycles. The molecule has 1 atom stereocenters. The topological polar surface area (TPSA) is 163 Å². The number of ether oxygens (including phenoxy) is 1. The number of nitrogens with two attached hydrogens (primary N) is 1. The summed E-state index contributed by atoms with van der Waals surface area (Å²) in [6.07, 6.45) is 1.07. The van der Waals surface area contributed by atoms with Gasteiger partial charge in [0.1, 0.15) is 16.8 Å². The number of nitrogens with one attached hydrogen (secondary N) is 3. The van der Waals surface area contributed by atoms with Crippen molar-refractivity contribution in [3.8, 4) is 11.5 Å². The van der Waals surface area contributed by atoms with E-state index in [-0.39, 0.29) is 28.8 Å². The van der Waals surface area contributed by atoms with Crippen molar-refractivity contribution in [3.05, 3.63) is 70.0 Å². The summed E-state index contributed by atoms with van der Waals surface area (Å²) < 4.78 is 11.4. The van der Waals surface area contributed by atoms with Gasteiger partial charge in [0.2, 0.25) is 5.89 Å². The summed E-state index contributed by atoms with van der Waals surface area (Å²) in [7, 11) is 0. The SMILES string of the molecule is CC.CC(C)(C)OC(=O)N1CCCC(Nc2c(C(=N)c3ccc(-c4nc5ccccc5o4)cc3)c(N)n[nH]c2=O)C1. The molecule has 1 unspecified atom stereocenters. The number of amides is 1. The Labute approximate surface area is 238 Å². The second-order valence-corrected chi connectivity index (χ2v) is 10.5. The molecule has 11 nitrogen and oxygen atoms in total. The van der Waals surface area contributed by atoms with Gasteiger partial charge >= 0.3 is 6.09 Å². The molecule has 0 saturated carbocycles. The number of H-pyrrole nitrogens is 1. The smallest absolute Gasteiger partial charge is 0.410 e. The minimum absolute atomic E-state index is 0.0185. The molecule has 5 rings (SSSR count). The number of anilines is 2. The molecule has 0 spiro atoms. The summed E-state index contributed by atoms with van der Waals surface area (Å²) >= 11 is 0. The Morgan fingerprint density at radius 2 is 1.88 bits per heavy atom. The molecule has 11 heteroatoms. The number of benzene rings is 2. The van der Waals surface area contributed by atoms with Gasteiger partial charge in [-0.1, -0.05) is 38.1 Å². The third-order valence-corrected chi connectivity index (χ3v) is 6.40. The first-order valence-electron chi connectivity index (χ1n) is 13.8. The minimum atomic E-state index is -0.605. The molecule has 2 aromatic heterocycles. The highest BCUT2D eigenvalue weighted by Gasteiger charge is 2.29. The lowest BCUT2D eigenvalue weighted by atomic mass is 9.99. The zero-order valence-corrected chi connectivity index (χ0v) is 24.1. The summed E-state index contributed by atoms with van der Waals surface area (Å²) in [5.41, 5.74) is 8.19. The molecule has 1 aliphatic heterocycles. The molecule has 0 aliphatic carbocycles. The van der Waals surface area contributed by atoms with Crippen molar-refractivity contribution in [3.63, 3.8) is 0 Å². The number of piperidine rings is 1. The van der Waals surface area contributed by atoms with Gasteiger partial charge < -0.3 is 25.1 Å². The zero-order chi connectivity index (χ0) is 29.7. The second kappa shape index (κ2) is 12.2. The number of rotatable bonds is 5. The summed E-state index contributed by atoms with van der Waals surface area (Å²) in [5.74, 6) is 0.491. The minimum Gasteiger partial charge on any atom is -0.444 e. The van der Waals surface area contributed by atoms with Crippen LogP contribution in [0.25, 0.3) is 22.6 Å². The molecule has 1 amide bonds. The van der Waals surface area contributed by atoms with E-state index in [0.717, 1.165) is 23.9 Å². The second-order valence-electron chi connectivity index (χ2n) is 10.5. The Morgan fingerprint density at radius 3 is 2.56 bits per heavy atom. The van der Waals surface area contributed by atoms with Crippen molar-refractivity contribution in [1.29, 1.82) is 5.41 Å². The van der Waals surface area contributed by atoms with E-state index in [1.54, 1.807) is 29.2 Å². The molecule has 1 aliphatic rings. The Bertz CT molecular complexity index is 1550. The predicted molar refractivity (Wildman–Crippen MR) is 160 cm³/mol. The van der Waals surface area contributed by atoms with Crippen LogP contribution in [0.4, 0.5) is 16.3 Å². The van der Waals surface area contributed by atoms with Gasteiger partial charge in [0.15, 0.2) is 11.4 Å². The molecule has 3 heterocycles. The third kappa shape index (κ3) is 6.74. The quantitative estimate of drug-likeness (QED) is 0.236.